The Hall–Kier alpha value is -2.03. The molecule has 76 valence electrons. The highest BCUT2D eigenvalue weighted by Crippen LogP contribution is 2.24. The van der Waals surface area contributed by atoms with E-state index in [0.29, 0.717) is 5.75 Å². The van der Waals surface area contributed by atoms with Gasteiger partial charge in [0.05, 0.1) is 0 Å². The third-order valence-electron chi connectivity index (χ3n) is 2.16. The predicted octanol–water partition coefficient (Wildman–Crippen LogP) is 2.56. The van der Waals surface area contributed by atoms with Crippen LogP contribution in [0.25, 0.3) is 10.8 Å². The van der Waals surface area contributed by atoms with Crippen LogP contribution in [0.4, 0.5) is 4.79 Å². The second-order valence-corrected chi connectivity index (χ2v) is 3.12. The van der Waals surface area contributed by atoms with Crippen LogP contribution >= 0.6 is 0 Å². The van der Waals surface area contributed by atoms with Crippen LogP contribution < -0.4 is 10.1 Å². The summed E-state index contributed by atoms with van der Waals surface area (Å²) in [5.41, 5.74) is 0. The Balaban J connectivity index is 2.46. The first-order valence-corrected chi connectivity index (χ1v) is 4.68. The van der Waals surface area contributed by atoms with E-state index in [1.54, 1.807) is 6.07 Å². The molecule has 3 heteroatoms. The maximum atomic E-state index is 11.1. The standard InChI is InChI=1S/C12H11NO2/c1-13-12(14)15-11-8-4-6-9-5-2-3-7-10(9)11/h2-8H,1H3,(H,13,14)/i2+1,3+1,5+1,7+1,9+1,10+1. The number of hydrogen-bond acceptors (Lipinski definition) is 2. The van der Waals surface area contributed by atoms with E-state index in [1.165, 1.54) is 7.05 Å². The van der Waals surface area contributed by atoms with E-state index in [-0.39, 0.29) is 0 Å². The minimum absolute atomic E-state index is 0.452. The number of nitrogens with one attached hydrogen (secondary N) is 1. The first-order valence-electron chi connectivity index (χ1n) is 4.68. The lowest BCUT2D eigenvalue weighted by molar-refractivity contribution is 0.203. The molecule has 0 aliphatic carbocycles. The van der Waals surface area contributed by atoms with Crippen molar-refractivity contribution in [2.24, 2.45) is 0 Å². The van der Waals surface area contributed by atoms with Crippen molar-refractivity contribution >= 4 is 16.9 Å². The van der Waals surface area contributed by atoms with Crippen molar-refractivity contribution in [3.63, 3.8) is 0 Å². The van der Waals surface area contributed by atoms with Gasteiger partial charge < -0.3 is 10.1 Å². The fourth-order valence-electron chi connectivity index (χ4n) is 1.44. The normalized spacial score (nSPS) is 9.93. The number of rotatable bonds is 1. The van der Waals surface area contributed by atoms with Gasteiger partial charge in [-0.1, -0.05) is 36.4 Å². The van der Waals surface area contributed by atoms with Crippen molar-refractivity contribution in [1.29, 1.82) is 0 Å². The molecule has 0 aliphatic rings. The average Bonchev–Trinajstić information content (AvgIpc) is 2.29. The second-order valence-electron chi connectivity index (χ2n) is 3.12. The first kappa shape index (κ1) is 9.52. The molecule has 0 spiro atoms. The van der Waals surface area contributed by atoms with E-state index in [0.717, 1.165) is 10.8 Å². The quantitative estimate of drug-likeness (QED) is 0.780. The minimum Gasteiger partial charge on any atom is -0.410 e. The summed E-state index contributed by atoms with van der Waals surface area (Å²) in [6.07, 6.45) is -0.452. The van der Waals surface area contributed by atoms with Gasteiger partial charge in [0.1, 0.15) is 5.75 Å². The van der Waals surface area contributed by atoms with Gasteiger partial charge in [0.25, 0.3) is 0 Å². The molecule has 0 unspecified atom stereocenters. The van der Waals surface area contributed by atoms with Gasteiger partial charge in [0, 0.05) is 12.4 Å². The summed E-state index contributed by atoms with van der Waals surface area (Å²) in [6, 6.07) is 13.4. The summed E-state index contributed by atoms with van der Waals surface area (Å²) in [5.74, 6) is 0.576. The van der Waals surface area contributed by atoms with Gasteiger partial charge in [-0.05, 0) is 11.5 Å². The smallest absolute Gasteiger partial charge is 0.410 e. The number of hydrogen-bond donors (Lipinski definition) is 1. The lowest BCUT2D eigenvalue weighted by Crippen LogP contribution is -2.22. The predicted molar refractivity (Wildman–Crippen MR) is 59.0 cm³/mol. The number of ether oxygens (including phenoxy) is 1. The van der Waals surface area contributed by atoms with Gasteiger partial charge in [0.15, 0.2) is 0 Å². The van der Waals surface area contributed by atoms with E-state index < -0.39 is 6.09 Å². The third kappa shape index (κ3) is 1.91. The Bertz CT molecular complexity index is 488. The Labute approximate surface area is 87.7 Å². The Morgan fingerprint density at radius 3 is 2.67 bits per heavy atom. The molecule has 0 aromatic heterocycles. The summed E-state index contributed by atoms with van der Waals surface area (Å²) in [4.78, 5) is 11.1. The van der Waals surface area contributed by atoms with Crippen molar-refractivity contribution in [2.45, 2.75) is 0 Å². The van der Waals surface area contributed by atoms with Gasteiger partial charge in [-0.2, -0.15) is 0 Å². The number of fused-ring (bicyclic) bond motifs is 1. The first-order chi connectivity index (χ1) is 7.31. The number of carbonyl (C=O) groups excluding carboxylic acids is 1. The van der Waals surface area contributed by atoms with Crippen LogP contribution in [0.5, 0.6) is 5.75 Å². The van der Waals surface area contributed by atoms with Crippen molar-refractivity contribution in [1.82, 2.24) is 5.32 Å². The molecule has 1 amide bonds. The molecule has 3 nitrogen and oxygen atoms in total. The zero-order valence-corrected chi connectivity index (χ0v) is 8.36. The highest BCUT2D eigenvalue weighted by Gasteiger charge is 2.04. The maximum Gasteiger partial charge on any atom is 0.412 e. The lowest BCUT2D eigenvalue weighted by Gasteiger charge is -2.06. The molecule has 2 aromatic rings. The molecule has 0 aliphatic heterocycles. The number of amides is 1. The second kappa shape index (κ2) is 4.00. The van der Waals surface area contributed by atoms with Gasteiger partial charge in [0.2, 0.25) is 0 Å². The molecule has 0 atom stereocenters. The summed E-state index contributed by atoms with van der Waals surface area (Å²) in [7, 11) is 1.54. The number of benzene rings is 2. The summed E-state index contributed by atoms with van der Waals surface area (Å²) < 4.78 is 5.13. The van der Waals surface area contributed by atoms with Gasteiger partial charge in [-0.15, -0.1) is 0 Å². The molecule has 0 heterocycles. The number of carbonyl (C=O) groups is 1. The molecule has 0 bridgehead atoms. The Kier molecular flexibility index (Phi) is 2.54. The largest absolute Gasteiger partial charge is 0.412 e. The van der Waals surface area contributed by atoms with E-state index in [2.05, 4.69) is 5.32 Å². The molecule has 0 radical (unpaired) electrons. The molecule has 0 saturated carbocycles. The van der Waals surface area contributed by atoms with Crippen LogP contribution in [0, 0.1) is 0 Å². The van der Waals surface area contributed by atoms with Crippen LogP contribution in [0.1, 0.15) is 0 Å². The van der Waals surface area contributed by atoms with Gasteiger partial charge in [-0.25, -0.2) is 4.79 Å². The van der Waals surface area contributed by atoms with Gasteiger partial charge >= 0.3 is 6.09 Å². The van der Waals surface area contributed by atoms with Crippen molar-refractivity contribution in [3.05, 3.63) is 42.5 Å². The molecule has 1 N–H and O–H groups in total. The fraction of sp³-hybridized carbons (Fsp3) is 0.0833. The van der Waals surface area contributed by atoms with E-state index in [4.69, 9.17) is 4.74 Å². The molecule has 0 fully saturated rings. The summed E-state index contributed by atoms with van der Waals surface area (Å²) >= 11 is 0. The minimum atomic E-state index is -0.452. The fourth-order valence-corrected chi connectivity index (χ4v) is 1.44. The summed E-state index contributed by atoms with van der Waals surface area (Å²) in [6.45, 7) is 0. The van der Waals surface area contributed by atoms with E-state index in [1.807, 2.05) is 36.4 Å². The molecular weight excluding hydrogens is 196 g/mol. The van der Waals surface area contributed by atoms with Crippen molar-refractivity contribution in [3.8, 4) is 5.75 Å². The zero-order valence-electron chi connectivity index (χ0n) is 8.36. The molecular formula is C12H11NO2. The van der Waals surface area contributed by atoms with Crippen LogP contribution in [0.2, 0.25) is 0 Å². The molecule has 15 heavy (non-hydrogen) atoms. The monoisotopic (exact) mass is 207 g/mol. The summed E-state index contributed by atoms with van der Waals surface area (Å²) in [5, 5.41) is 4.41. The Morgan fingerprint density at radius 1 is 1.13 bits per heavy atom. The van der Waals surface area contributed by atoms with E-state index in [9.17, 15) is 4.79 Å². The molecule has 0 saturated heterocycles. The molecule has 2 aromatic carbocycles. The Morgan fingerprint density at radius 2 is 1.87 bits per heavy atom. The van der Waals surface area contributed by atoms with Crippen LogP contribution in [-0.4, -0.2) is 13.1 Å². The third-order valence-corrected chi connectivity index (χ3v) is 2.16. The van der Waals surface area contributed by atoms with E-state index >= 15 is 0 Å². The SMILES string of the molecule is CNC(=O)Oc1ccc[13c]2[13cH][13cH][13cH][13cH][13c]12. The van der Waals surface area contributed by atoms with Crippen LogP contribution in [0.3, 0.4) is 0 Å². The van der Waals surface area contributed by atoms with Crippen LogP contribution in [0.15, 0.2) is 42.5 Å². The topological polar surface area (TPSA) is 38.3 Å². The highest BCUT2D eigenvalue weighted by atomic mass is 16.6. The van der Waals surface area contributed by atoms with Crippen LogP contribution in [-0.2, 0) is 0 Å². The lowest BCUT2D eigenvalue weighted by atomic mass is 10.5. The molecule has 2 rings (SSSR count). The highest BCUT2D eigenvalue weighted by molar-refractivity contribution is 5.90. The average molecular weight is 207 g/mol. The van der Waals surface area contributed by atoms with Crippen molar-refractivity contribution < 1.29 is 9.53 Å². The maximum absolute atomic E-state index is 11.1. The van der Waals surface area contributed by atoms with Crippen molar-refractivity contribution in [2.75, 3.05) is 7.05 Å². The van der Waals surface area contributed by atoms with Gasteiger partial charge in [-0.3, -0.25) is 0 Å². The zero-order chi connectivity index (χ0) is 10.7.